The molecule has 2 aliphatic rings. The third-order valence-electron chi connectivity index (χ3n) is 6.74. The summed E-state index contributed by atoms with van der Waals surface area (Å²) in [7, 11) is 0. The van der Waals surface area contributed by atoms with Gasteiger partial charge in [0.25, 0.3) is 5.91 Å². The number of carbonyl (C=O) groups excluding carboxylic acids is 2. The van der Waals surface area contributed by atoms with Crippen LogP contribution in [0.1, 0.15) is 53.2 Å². The van der Waals surface area contributed by atoms with Crippen molar-refractivity contribution < 1.29 is 24.2 Å². The molecular formula is C29H30N2O5. The van der Waals surface area contributed by atoms with Crippen molar-refractivity contribution in [1.29, 1.82) is 0 Å². The number of benzene rings is 3. The highest BCUT2D eigenvalue weighted by molar-refractivity contribution is 6.10. The number of hydrogen-bond acceptors (Lipinski definition) is 5. The van der Waals surface area contributed by atoms with E-state index < -0.39 is 6.04 Å². The van der Waals surface area contributed by atoms with Crippen LogP contribution in [0.5, 0.6) is 17.2 Å². The summed E-state index contributed by atoms with van der Waals surface area (Å²) in [6.07, 6.45) is 4.00. The molecule has 0 saturated heterocycles. The molecule has 0 unspecified atom stereocenters. The molecule has 3 aromatic rings. The van der Waals surface area contributed by atoms with Crippen LogP contribution in [0.4, 0.5) is 5.69 Å². The molecule has 1 atom stereocenters. The van der Waals surface area contributed by atoms with E-state index in [4.69, 9.17) is 9.47 Å². The summed E-state index contributed by atoms with van der Waals surface area (Å²) < 4.78 is 11.3. The van der Waals surface area contributed by atoms with E-state index in [1.165, 1.54) is 17.0 Å². The monoisotopic (exact) mass is 486 g/mol. The zero-order valence-corrected chi connectivity index (χ0v) is 20.3. The van der Waals surface area contributed by atoms with E-state index in [-0.39, 0.29) is 23.6 Å². The van der Waals surface area contributed by atoms with Gasteiger partial charge in [-0.3, -0.25) is 14.5 Å². The van der Waals surface area contributed by atoms with Crippen LogP contribution in [0.15, 0.2) is 66.7 Å². The molecule has 186 valence electrons. The Bertz CT molecular complexity index is 1230. The summed E-state index contributed by atoms with van der Waals surface area (Å²) in [6.45, 7) is 2.84. The predicted octanol–water partition coefficient (Wildman–Crippen LogP) is 4.92. The molecular weight excluding hydrogens is 456 g/mol. The van der Waals surface area contributed by atoms with E-state index in [0.717, 1.165) is 31.2 Å². The Labute approximate surface area is 210 Å². The summed E-state index contributed by atoms with van der Waals surface area (Å²) in [6, 6.07) is 18.2. The molecule has 1 heterocycles. The zero-order chi connectivity index (χ0) is 25.1. The van der Waals surface area contributed by atoms with Gasteiger partial charge in [-0.1, -0.05) is 42.7 Å². The lowest BCUT2D eigenvalue weighted by Gasteiger charge is -2.33. The molecule has 0 spiro atoms. The van der Waals surface area contributed by atoms with E-state index in [9.17, 15) is 14.7 Å². The molecule has 0 aromatic heterocycles. The number of ether oxygens (including phenoxy) is 2. The fraction of sp³-hybridized carbons (Fsp3) is 0.310. The fourth-order valence-corrected chi connectivity index (χ4v) is 4.83. The zero-order valence-electron chi connectivity index (χ0n) is 20.3. The number of nitrogens with one attached hydrogen (secondary N) is 1. The first kappa shape index (κ1) is 23.7. The van der Waals surface area contributed by atoms with Crippen LogP contribution in [0.25, 0.3) is 0 Å². The van der Waals surface area contributed by atoms with Gasteiger partial charge in [0.05, 0.1) is 0 Å². The maximum atomic E-state index is 14.1. The van der Waals surface area contributed by atoms with E-state index >= 15 is 0 Å². The number of fused-ring (bicyclic) bond motifs is 1. The summed E-state index contributed by atoms with van der Waals surface area (Å²) in [5.74, 6) is 0.601. The Hall–Kier alpha value is -4.00. The average molecular weight is 487 g/mol. The third kappa shape index (κ3) is 5.00. The van der Waals surface area contributed by atoms with Gasteiger partial charge in [0.1, 0.15) is 25.0 Å². The van der Waals surface area contributed by atoms with Crippen LogP contribution in [-0.4, -0.2) is 36.2 Å². The van der Waals surface area contributed by atoms with Crippen LogP contribution in [0, 0.1) is 6.92 Å². The molecule has 0 radical (unpaired) electrons. The van der Waals surface area contributed by atoms with Crippen molar-refractivity contribution in [2.45, 2.75) is 44.7 Å². The van der Waals surface area contributed by atoms with E-state index in [2.05, 4.69) is 5.32 Å². The Morgan fingerprint density at radius 2 is 1.58 bits per heavy atom. The number of aromatic hydroxyl groups is 1. The third-order valence-corrected chi connectivity index (χ3v) is 6.74. The van der Waals surface area contributed by atoms with Gasteiger partial charge in [-0.05, 0) is 67.8 Å². The Morgan fingerprint density at radius 1 is 0.917 bits per heavy atom. The molecule has 1 aliphatic carbocycles. The molecule has 7 heteroatoms. The smallest absolute Gasteiger partial charge is 0.259 e. The first-order valence-electron chi connectivity index (χ1n) is 12.4. The van der Waals surface area contributed by atoms with Crippen LogP contribution in [0.2, 0.25) is 0 Å². The predicted molar refractivity (Wildman–Crippen MR) is 137 cm³/mol. The molecule has 7 nitrogen and oxygen atoms in total. The lowest BCUT2D eigenvalue weighted by Crippen LogP contribution is -2.46. The maximum Gasteiger partial charge on any atom is 0.259 e. The summed E-state index contributed by atoms with van der Waals surface area (Å²) in [5, 5.41) is 13.1. The SMILES string of the molecule is Cc1ccc(N(C(=O)c2ccc3c(c2)OCCO3)[C@H](C(=O)NC2CCCC2)c2ccc(O)cc2)cc1. The topological polar surface area (TPSA) is 88.1 Å². The van der Waals surface area contributed by atoms with Crippen LogP contribution in [-0.2, 0) is 4.79 Å². The Balaban J connectivity index is 1.59. The van der Waals surface area contributed by atoms with Crippen molar-refractivity contribution in [1.82, 2.24) is 5.32 Å². The Morgan fingerprint density at radius 3 is 2.28 bits per heavy atom. The summed E-state index contributed by atoms with van der Waals surface area (Å²) in [5.41, 5.74) is 2.63. The molecule has 1 saturated carbocycles. The largest absolute Gasteiger partial charge is 0.508 e. The van der Waals surface area contributed by atoms with Gasteiger partial charge in [0.15, 0.2) is 11.5 Å². The van der Waals surface area contributed by atoms with Gasteiger partial charge < -0.3 is 19.9 Å². The van der Waals surface area contributed by atoms with Crippen molar-refractivity contribution in [3.05, 3.63) is 83.4 Å². The molecule has 1 fully saturated rings. The number of hydrogen-bond donors (Lipinski definition) is 2. The second-order valence-corrected chi connectivity index (χ2v) is 9.35. The normalized spacial score (nSPS) is 15.8. The average Bonchev–Trinajstić information content (AvgIpc) is 3.41. The van der Waals surface area contributed by atoms with Gasteiger partial charge in [-0.15, -0.1) is 0 Å². The van der Waals surface area contributed by atoms with Gasteiger partial charge in [-0.2, -0.15) is 0 Å². The van der Waals surface area contributed by atoms with Gasteiger partial charge >= 0.3 is 0 Å². The maximum absolute atomic E-state index is 14.1. The lowest BCUT2D eigenvalue weighted by atomic mass is 10.0. The number of nitrogens with zero attached hydrogens (tertiary/aromatic N) is 1. The Kier molecular flexibility index (Phi) is 6.80. The first-order chi connectivity index (χ1) is 17.5. The first-order valence-corrected chi connectivity index (χ1v) is 12.4. The molecule has 36 heavy (non-hydrogen) atoms. The fourth-order valence-electron chi connectivity index (χ4n) is 4.83. The summed E-state index contributed by atoms with van der Waals surface area (Å²) in [4.78, 5) is 29.5. The van der Waals surface area contributed by atoms with Crippen molar-refractivity contribution in [2.75, 3.05) is 18.1 Å². The van der Waals surface area contributed by atoms with Crippen LogP contribution < -0.4 is 19.7 Å². The highest BCUT2D eigenvalue weighted by atomic mass is 16.6. The van der Waals surface area contributed by atoms with E-state index in [0.29, 0.717) is 41.5 Å². The van der Waals surface area contributed by atoms with Crippen LogP contribution >= 0.6 is 0 Å². The van der Waals surface area contributed by atoms with Gasteiger partial charge in [0.2, 0.25) is 5.91 Å². The number of aryl methyl sites for hydroxylation is 1. The molecule has 2 amide bonds. The second-order valence-electron chi connectivity index (χ2n) is 9.35. The number of rotatable bonds is 6. The minimum absolute atomic E-state index is 0.0846. The highest BCUT2D eigenvalue weighted by Gasteiger charge is 2.35. The second kappa shape index (κ2) is 10.3. The van der Waals surface area contributed by atoms with E-state index in [1.807, 2.05) is 31.2 Å². The molecule has 5 rings (SSSR count). The molecule has 0 bridgehead atoms. The number of phenolic OH excluding ortho intramolecular Hbond substituents is 1. The molecule has 1 aliphatic heterocycles. The van der Waals surface area contributed by atoms with Crippen LogP contribution in [0.3, 0.4) is 0 Å². The minimum atomic E-state index is -0.936. The van der Waals surface area contributed by atoms with E-state index in [1.54, 1.807) is 30.3 Å². The lowest BCUT2D eigenvalue weighted by molar-refractivity contribution is -0.123. The van der Waals surface area contributed by atoms with Gasteiger partial charge in [0, 0.05) is 17.3 Å². The number of phenols is 1. The molecule has 3 aromatic carbocycles. The quantitative estimate of drug-likeness (QED) is 0.517. The highest BCUT2D eigenvalue weighted by Crippen LogP contribution is 2.35. The number of anilines is 1. The van der Waals surface area contributed by atoms with Crippen molar-refractivity contribution in [2.24, 2.45) is 0 Å². The summed E-state index contributed by atoms with van der Waals surface area (Å²) >= 11 is 0. The van der Waals surface area contributed by atoms with Crippen molar-refractivity contribution in [3.8, 4) is 17.2 Å². The minimum Gasteiger partial charge on any atom is -0.508 e. The number of amides is 2. The standard InChI is InChI=1S/C29H30N2O5/c1-19-6-11-23(12-7-19)31(29(34)21-10-15-25-26(18-21)36-17-16-35-25)27(20-8-13-24(32)14-9-20)28(33)30-22-4-2-3-5-22/h6-15,18,22,27,32H,2-5,16-17H2,1H3,(H,30,33)/t27-/m0/s1. The number of carbonyl (C=O) groups is 2. The van der Waals surface area contributed by atoms with Crippen molar-refractivity contribution in [3.63, 3.8) is 0 Å². The van der Waals surface area contributed by atoms with Crippen molar-refractivity contribution >= 4 is 17.5 Å². The van der Waals surface area contributed by atoms with Gasteiger partial charge in [-0.25, -0.2) is 0 Å². The molecule has 2 N–H and O–H groups in total.